The van der Waals surface area contributed by atoms with Crippen LogP contribution >= 0.6 is 34.3 Å². The predicted octanol–water partition coefficient (Wildman–Crippen LogP) is 4.99. The number of benzene rings is 2. The molecule has 2 heterocycles. The number of thiazole rings is 1. The molecular weight excluding hydrogens is 367 g/mol. The summed E-state index contributed by atoms with van der Waals surface area (Å²) in [5, 5.41) is 1.28. The lowest BCUT2D eigenvalue weighted by Crippen LogP contribution is -2.12. The van der Waals surface area contributed by atoms with Crippen molar-refractivity contribution in [2.24, 2.45) is 12.0 Å². The number of hydrogen-bond donors (Lipinski definition) is 0. The van der Waals surface area contributed by atoms with Crippen LogP contribution in [0.1, 0.15) is 9.67 Å². The fraction of sp³-hybridized carbons (Fsp3) is 0.0588. The summed E-state index contributed by atoms with van der Waals surface area (Å²) in [7, 11) is 1.80. The number of amides is 1. The lowest BCUT2D eigenvalue weighted by atomic mass is 10.2. The van der Waals surface area contributed by atoms with E-state index < -0.39 is 0 Å². The van der Waals surface area contributed by atoms with Crippen LogP contribution in [0.5, 0.6) is 0 Å². The summed E-state index contributed by atoms with van der Waals surface area (Å²) in [5.74, 6) is -0.696. The highest BCUT2D eigenvalue weighted by Gasteiger charge is 2.17. The fourth-order valence-electron chi connectivity index (χ4n) is 2.50. The highest BCUT2D eigenvalue weighted by Crippen LogP contribution is 2.35. The van der Waals surface area contributed by atoms with Crippen LogP contribution in [0.25, 0.3) is 20.3 Å². The van der Waals surface area contributed by atoms with Crippen molar-refractivity contribution in [3.05, 3.63) is 63.0 Å². The van der Waals surface area contributed by atoms with Crippen LogP contribution in [0.15, 0.2) is 47.5 Å². The Bertz CT molecular complexity index is 1170. The molecule has 0 fully saturated rings. The fourth-order valence-corrected chi connectivity index (χ4v) is 4.94. The van der Waals surface area contributed by atoms with E-state index in [1.165, 1.54) is 34.8 Å². The van der Waals surface area contributed by atoms with Crippen LogP contribution in [-0.2, 0) is 7.05 Å². The van der Waals surface area contributed by atoms with Gasteiger partial charge >= 0.3 is 0 Å². The second-order valence-electron chi connectivity index (χ2n) is 5.21. The number of carbonyl (C=O) groups is 1. The van der Waals surface area contributed by atoms with Gasteiger partial charge in [-0.2, -0.15) is 4.99 Å². The molecular formula is C17H10ClFN2OS2. The van der Waals surface area contributed by atoms with Crippen molar-refractivity contribution in [1.82, 2.24) is 4.57 Å². The molecule has 0 bridgehead atoms. The average molecular weight is 377 g/mol. The van der Waals surface area contributed by atoms with Gasteiger partial charge in [0, 0.05) is 17.1 Å². The van der Waals surface area contributed by atoms with E-state index in [9.17, 15) is 9.18 Å². The van der Waals surface area contributed by atoms with E-state index in [0.29, 0.717) is 14.7 Å². The monoisotopic (exact) mass is 376 g/mol. The van der Waals surface area contributed by atoms with Crippen LogP contribution < -0.4 is 4.80 Å². The Kier molecular flexibility index (Phi) is 3.75. The number of hydrogen-bond acceptors (Lipinski definition) is 3. The number of carbonyl (C=O) groups excluding carboxylic acids is 1. The molecule has 0 unspecified atom stereocenters. The smallest absolute Gasteiger partial charge is 0.291 e. The normalized spacial score (nSPS) is 12.4. The summed E-state index contributed by atoms with van der Waals surface area (Å²) >= 11 is 8.93. The van der Waals surface area contributed by atoms with Crippen molar-refractivity contribution < 1.29 is 9.18 Å². The standard InChI is InChI=1S/C17H10ClFN2OS2/c1-21-11-7-6-9(19)8-13(11)24-17(21)20-16(22)15-14(18)10-4-2-3-5-12(10)23-15/h2-8H,1H3. The zero-order chi connectivity index (χ0) is 16.8. The number of fused-ring (bicyclic) bond motifs is 2. The van der Waals surface area contributed by atoms with Gasteiger partial charge in [0.25, 0.3) is 5.91 Å². The Morgan fingerprint density at radius 3 is 2.75 bits per heavy atom. The van der Waals surface area contributed by atoms with Gasteiger partial charge < -0.3 is 4.57 Å². The number of halogens is 2. The van der Waals surface area contributed by atoms with E-state index in [1.54, 1.807) is 17.7 Å². The largest absolute Gasteiger partial charge is 0.319 e. The molecule has 2 aromatic carbocycles. The van der Waals surface area contributed by atoms with Gasteiger partial charge in [0.15, 0.2) is 4.80 Å². The number of thiophene rings is 1. The lowest BCUT2D eigenvalue weighted by molar-refractivity contribution is 0.100. The van der Waals surface area contributed by atoms with Crippen LogP contribution in [0, 0.1) is 5.82 Å². The number of aryl methyl sites for hydroxylation is 1. The third-order valence-electron chi connectivity index (χ3n) is 3.70. The topological polar surface area (TPSA) is 34.4 Å². The number of nitrogens with zero attached hydrogens (tertiary/aromatic N) is 2. The van der Waals surface area contributed by atoms with Crippen molar-refractivity contribution in [2.75, 3.05) is 0 Å². The minimum Gasteiger partial charge on any atom is -0.319 e. The van der Waals surface area contributed by atoms with Crippen LogP contribution in [0.3, 0.4) is 0 Å². The van der Waals surface area contributed by atoms with E-state index in [2.05, 4.69) is 4.99 Å². The first kappa shape index (κ1) is 15.5. The quantitative estimate of drug-likeness (QED) is 0.461. The molecule has 0 saturated heterocycles. The molecule has 1 amide bonds. The zero-order valence-corrected chi connectivity index (χ0v) is 14.8. The van der Waals surface area contributed by atoms with Crippen molar-refractivity contribution in [1.29, 1.82) is 0 Å². The Morgan fingerprint density at radius 2 is 1.96 bits per heavy atom. The summed E-state index contributed by atoms with van der Waals surface area (Å²) in [4.78, 5) is 17.7. The molecule has 7 heteroatoms. The van der Waals surface area contributed by atoms with Gasteiger partial charge in [0.05, 0.1) is 15.2 Å². The summed E-state index contributed by atoms with van der Waals surface area (Å²) in [5.41, 5.74) is 0.829. The number of aromatic nitrogens is 1. The summed E-state index contributed by atoms with van der Waals surface area (Å²) in [6, 6.07) is 12.1. The van der Waals surface area contributed by atoms with E-state index in [0.717, 1.165) is 20.3 Å². The molecule has 0 aliphatic heterocycles. The predicted molar refractivity (Wildman–Crippen MR) is 97.5 cm³/mol. The summed E-state index contributed by atoms with van der Waals surface area (Å²) in [6.07, 6.45) is 0. The van der Waals surface area contributed by atoms with Gasteiger partial charge in [-0.1, -0.05) is 41.1 Å². The second kappa shape index (κ2) is 5.81. The average Bonchev–Trinajstić information content (AvgIpc) is 3.06. The van der Waals surface area contributed by atoms with E-state index in [1.807, 2.05) is 24.3 Å². The maximum atomic E-state index is 13.4. The maximum Gasteiger partial charge on any atom is 0.291 e. The van der Waals surface area contributed by atoms with E-state index >= 15 is 0 Å². The minimum absolute atomic E-state index is 0.310. The molecule has 24 heavy (non-hydrogen) atoms. The molecule has 0 saturated carbocycles. The minimum atomic E-state index is -0.385. The molecule has 2 aromatic heterocycles. The second-order valence-corrected chi connectivity index (χ2v) is 7.65. The molecule has 0 spiro atoms. The van der Waals surface area contributed by atoms with E-state index in [-0.39, 0.29) is 11.7 Å². The first-order chi connectivity index (χ1) is 11.5. The van der Waals surface area contributed by atoms with E-state index in [4.69, 9.17) is 11.6 Å². The van der Waals surface area contributed by atoms with Gasteiger partial charge in [-0.15, -0.1) is 11.3 Å². The molecule has 0 N–H and O–H groups in total. The zero-order valence-electron chi connectivity index (χ0n) is 12.4. The SMILES string of the molecule is Cn1c(=NC(=O)c2sc3ccccc3c2Cl)sc2cc(F)ccc21. The van der Waals surface area contributed by atoms with Crippen molar-refractivity contribution in [3.63, 3.8) is 0 Å². The first-order valence-electron chi connectivity index (χ1n) is 7.06. The van der Waals surface area contributed by atoms with Gasteiger partial charge in [-0.05, 0) is 24.3 Å². The lowest BCUT2D eigenvalue weighted by Gasteiger charge is -1.95. The van der Waals surface area contributed by atoms with Crippen LogP contribution in [0.4, 0.5) is 4.39 Å². The van der Waals surface area contributed by atoms with Crippen molar-refractivity contribution in [2.45, 2.75) is 0 Å². The molecule has 4 rings (SSSR count). The van der Waals surface area contributed by atoms with Crippen LogP contribution in [0.2, 0.25) is 5.02 Å². The highest BCUT2D eigenvalue weighted by atomic mass is 35.5. The molecule has 0 aliphatic rings. The van der Waals surface area contributed by atoms with Gasteiger partial charge in [-0.3, -0.25) is 4.79 Å². The van der Waals surface area contributed by atoms with Gasteiger partial charge in [-0.25, -0.2) is 4.39 Å². The molecule has 0 aliphatic carbocycles. The van der Waals surface area contributed by atoms with Crippen molar-refractivity contribution in [3.8, 4) is 0 Å². The molecule has 120 valence electrons. The summed E-state index contributed by atoms with van der Waals surface area (Å²) < 4.78 is 16.8. The maximum absolute atomic E-state index is 13.4. The molecule has 4 aromatic rings. The number of rotatable bonds is 1. The van der Waals surface area contributed by atoms with Crippen molar-refractivity contribution >= 4 is 60.5 Å². The van der Waals surface area contributed by atoms with Gasteiger partial charge in [0.2, 0.25) is 0 Å². The molecule has 0 radical (unpaired) electrons. The molecule has 3 nitrogen and oxygen atoms in total. The Hall–Kier alpha value is -2.02. The third-order valence-corrected chi connectivity index (χ3v) is 6.46. The first-order valence-corrected chi connectivity index (χ1v) is 9.07. The van der Waals surface area contributed by atoms with Crippen LogP contribution in [-0.4, -0.2) is 10.5 Å². The summed E-state index contributed by atoms with van der Waals surface area (Å²) in [6.45, 7) is 0. The highest BCUT2D eigenvalue weighted by molar-refractivity contribution is 7.21. The molecule has 0 atom stereocenters. The third kappa shape index (κ3) is 2.47. The van der Waals surface area contributed by atoms with Gasteiger partial charge in [0.1, 0.15) is 10.7 Å². The Balaban J connectivity index is 1.86. The Labute approximate surface area is 149 Å². The Morgan fingerprint density at radius 1 is 1.17 bits per heavy atom.